The van der Waals surface area contributed by atoms with Gasteiger partial charge in [-0.3, -0.25) is 0 Å². The predicted molar refractivity (Wildman–Crippen MR) is 133 cm³/mol. The van der Waals surface area contributed by atoms with Gasteiger partial charge in [-0.1, -0.05) is 18.2 Å². The standard InChI is InChI=1S/C28H24N2O5/c1-34-28(33)23-11-14-30(23)18-8-10-22-25(16-18)35-24-15-17(29-12-4-13-29)7-9-21(24)26(22)19-5-2-3-6-20(19)27(31)32/h2-3,5-10,15-16,23H,4,11-14H2,1H3/p+1. The summed E-state index contributed by atoms with van der Waals surface area (Å²) in [5.74, 6) is -0.526. The zero-order valence-corrected chi connectivity index (χ0v) is 19.4. The van der Waals surface area contributed by atoms with Gasteiger partial charge in [0.05, 0.1) is 25.2 Å². The third-order valence-corrected chi connectivity index (χ3v) is 7.16. The molecule has 2 fully saturated rings. The van der Waals surface area contributed by atoms with Crippen molar-refractivity contribution in [2.24, 2.45) is 0 Å². The Bertz CT molecular complexity index is 1530. The number of rotatable bonds is 4. The maximum absolute atomic E-state index is 12.1. The molecule has 3 heterocycles. The highest BCUT2D eigenvalue weighted by Crippen LogP contribution is 2.42. The maximum Gasteiger partial charge on any atom is 0.336 e. The van der Waals surface area contributed by atoms with Gasteiger partial charge in [-0.05, 0) is 36.2 Å². The quantitative estimate of drug-likeness (QED) is 0.278. The molecule has 1 atom stereocenters. The molecule has 1 unspecified atom stereocenters. The second-order valence-electron chi connectivity index (χ2n) is 9.05. The van der Waals surface area contributed by atoms with Crippen LogP contribution in [-0.2, 0) is 9.53 Å². The molecule has 176 valence electrons. The number of fused-ring (bicyclic) bond motifs is 2. The van der Waals surface area contributed by atoms with Crippen molar-refractivity contribution in [2.75, 3.05) is 31.6 Å². The molecule has 0 saturated carbocycles. The number of carbonyl (C=O) groups is 2. The Morgan fingerprint density at radius 2 is 1.89 bits per heavy atom. The minimum atomic E-state index is -0.974. The van der Waals surface area contributed by atoms with Gasteiger partial charge in [-0.2, -0.15) is 0 Å². The summed E-state index contributed by atoms with van der Waals surface area (Å²) in [6, 6.07) is 18.7. The number of carboxylic acid groups (broad SMARTS) is 1. The minimum absolute atomic E-state index is 0.241. The van der Waals surface area contributed by atoms with Crippen LogP contribution in [0.5, 0.6) is 0 Å². The molecular weight excluding hydrogens is 444 g/mol. The van der Waals surface area contributed by atoms with E-state index in [4.69, 9.17) is 9.15 Å². The molecule has 2 aromatic rings. The van der Waals surface area contributed by atoms with Crippen LogP contribution in [0, 0.1) is 0 Å². The molecule has 0 amide bonds. The summed E-state index contributed by atoms with van der Waals surface area (Å²) in [5.41, 5.74) is 4.09. The number of anilines is 1. The molecule has 7 heteroatoms. The molecule has 0 spiro atoms. The second kappa shape index (κ2) is 8.27. The molecule has 0 radical (unpaired) electrons. The molecule has 2 saturated heterocycles. The van der Waals surface area contributed by atoms with Gasteiger partial charge in [-0.25, -0.2) is 14.2 Å². The van der Waals surface area contributed by atoms with Crippen molar-refractivity contribution in [3.05, 3.63) is 71.6 Å². The molecule has 7 nitrogen and oxygen atoms in total. The zero-order chi connectivity index (χ0) is 24.1. The lowest BCUT2D eigenvalue weighted by atomic mass is 9.90. The lowest BCUT2D eigenvalue weighted by molar-refractivity contribution is -0.143. The third kappa shape index (κ3) is 3.46. The third-order valence-electron chi connectivity index (χ3n) is 7.16. The van der Waals surface area contributed by atoms with Crippen LogP contribution in [0.2, 0.25) is 0 Å². The zero-order valence-electron chi connectivity index (χ0n) is 19.4. The van der Waals surface area contributed by atoms with E-state index in [1.807, 2.05) is 47.4 Å². The number of aromatic carboxylic acids is 1. The number of ether oxygens (including phenoxy) is 1. The van der Waals surface area contributed by atoms with Crippen LogP contribution >= 0.6 is 0 Å². The average molecular weight is 470 g/mol. The molecular formula is C28H25N2O5+. The van der Waals surface area contributed by atoms with E-state index in [0.29, 0.717) is 16.9 Å². The molecule has 1 N–H and O–H groups in total. The molecule has 35 heavy (non-hydrogen) atoms. The Morgan fingerprint density at radius 3 is 2.57 bits per heavy atom. The molecule has 4 aliphatic rings. The molecule has 2 aromatic carbocycles. The van der Waals surface area contributed by atoms with E-state index in [2.05, 4.69) is 10.6 Å². The van der Waals surface area contributed by atoms with Crippen LogP contribution in [0.15, 0.2) is 65.1 Å². The van der Waals surface area contributed by atoms with E-state index in [1.165, 1.54) is 13.5 Å². The van der Waals surface area contributed by atoms with Crippen molar-refractivity contribution in [1.82, 2.24) is 4.58 Å². The fraction of sp³-hybridized carbons (Fsp3) is 0.250. The number of benzene rings is 3. The smallest absolute Gasteiger partial charge is 0.336 e. The maximum atomic E-state index is 12.1. The lowest BCUT2D eigenvalue weighted by Crippen LogP contribution is -2.53. The van der Waals surface area contributed by atoms with Crippen LogP contribution in [0.25, 0.3) is 33.4 Å². The molecule has 3 aliphatic heterocycles. The van der Waals surface area contributed by atoms with Crippen LogP contribution in [0.1, 0.15) is 23.2 Å². The van der Waals surface area contributed by atoms with Crippen molar-refractivity contribution in [3.8, 4) is 22.5 Å². The summed E-state index contributed by atoms with van der Waals surface area (Å²) in [6.45, 7) is 2.79. The first-order valence-electron chi connectivity index (χ1n) is 11.8. The Labute approximate surface area is 201 Å². The van der Waals surface area contributed by atoms with E-state index in [1.54, 1.807) is 12.1 Å². The van der Waals surface area contributed by atoms with Gasteiger partial charge in [-0.15, -0.1) is 0 Å². The summed E-state index contributed by atoms with van der Waals surface area (Å²) in [5, 5.41) is 11.8. The number of carbonyl (C=O) groups excluding carboxylic acids is 1. The first-order valence-corrected chi connectivity index (χ1v) is 11.8. The normalized spacial score (nSPS) is 17.2. The largest absolute Gasteiger partial charge is 0.478 e. The fourth-order valence-corrected chi connectivity index (χ4v) is 5.07. The lowest BCUT2D eigenvalue weighted by Gasteiger charge is -2.40. The van der Waals surface area contributed by atoms with Crippen molar-refractivity contribution in [3.63, 3.8) is 0 Å². The molecule has 0 aromatic heterocycles. The van der Waals surface area contributed by atoms with Crippen LogP contribution in [0.3, 0.4) is 0 Å². The summed E-state index contributed by atoms with van der Waals surface area (Å²) in [4.78, 5) is 26.2. The van der Waals surface area contributed by atoms with Crippen molar-refractivity contribution >= 4 is 28.6 Å². The van der Waals surface area contributed by atoms with Gasteiger partial charge in [0.1, 0.15) is 30.5 Å². The van der Waals surface area contributed by atoms with E-state index >= 15 is 0 Å². The Morgan fingerprint density at radius 1 is 1.06 bits per heavy atom. The van der Waals surface area contributed by atoms with Gasteiger partial charge >= 0.3 is 11.9 Å². The number of carboxylic acids is 1. The Kier molecular flexibility index (Phi) is 5.06. The first-order chi connectivity index (χ1) is 17.0. The molecule has 0 bridgehead atoms. The summed E-state index contributed by atoms with van der Waals surface area (Å²) >= 11 is 0. The van der Waals surface area contributed by atoms with Gasteiger partial charge < -0.3 is 19.2 Å². The van der Waals surface area contributed by atoms with Crippen LogP contribution < -0.4 is 14.8 Å². The minimum Gasteiger partial charge on any atom is -0.478 e. The van der Waals surface area contributed by atoms with Crippen molar-refractivity contribution < 1.29 is 23.8 Å². The van der Waals surface area contributed by atoms with E-state index in [-0.39, 0.29) is 17.6 Å². The van der Waals surface area contributed by atoms with Crippen LogP contribution in [-0.4, -0.2) is 49.8 Å². The summed E-state index contributed by atoms with van der Waals surface area (Å²) < 4.78 is 13.7. The summed E-state index contributed by atoms with van der Waals surface area (Å²) in [7, 11) is 1.41. The topological polar surface area (TPSA) is 83.0 Å². The Balaban J connectivity index is 1.61. The van der Waals surface area contributed by atoms with E-state index in [9.17, 15) is 14.7 Å². The monoisotopic (exact) mass is 469 g/mol. The predicted octanol–water partition coefficient (Wildman–Crippen LogP) is 3.83. The first kappa shape index (κ1) is 21.4. The second-order valence-corrected chi connectivity index (χ2v) is 9.05. The highest BCUT2D eigenvalue weighted by Gasteiger charge is 2.35. The molecule has 1 aliphatic carbocycles. The average Bonchev–Trinajstić information content (AvgIpc) is 2.80. The number of nitrogens with zero attached hydrogens (tertiary/aromatic N) is 2. The number of methoxy groups -OCH3 is 1. The SMILES string of the molecule is COC(=O)C1CCN1c1ccc2c(-c3ccccc3C(=O)O)c3ccc(=[N+]4CCC4)cc-3oc2c1. The number of hydrogen-bond acceptors (Lipinski definition) is 5. The van der Waals surface area contributed by atoms with Gasteiger partial charge in [0.15, 0.2) is 0 Å². The van der Waals surface area contributed by atoms with Crippen molar-refractivity contribution in [2.45, 2.75) is 18.9 Å². The van der Waals surface area contributed by atoms with Gasteiger partial charge in [0, 0.05) is 40.9 Å². The van der Waals surface area contributed by atoms with Crippen LogP contribution in [0.4, 0.5) is 5.69 Å². The van der Waals surface area contributed by atoms with Gasteiger partial charge in [0.25, 0.3) is 0 Å². The van der Waals surface area contributed by atoms with Gasteiger partial charge in [0.2, 0.25) is 5.36 Å². The number of hydrogen-bond donors (Lipinski definition) is 1. The number of esters is 1. The fourth-order valence-electron chi connectivity index (χ4n) is 5.07. The highest BCUT2D eigenvalue weighted by atomic mass is 16.5. The Hall–Kier alpha value is -4.13. The molecule has 6 rings (SSSR count). The van der Waals surface area contributed by atoms with E-state index < -0.39 is 5.97 Å². The van der Waals surface area contributed by atoms with E-state index in [0.717, 1.165) is 53.6 Å². The summed E-state index contributed by atoms with van der Waals surface area (Å²) in [6.07, 6.45) is 1.92. The highest BCUT2D eigenvalue weighted by molar-refractivity contribution is 6.07. The van der Waals surface area contributed by atoms with Crippen molar-refractivity contribution in [1.29, 1.82) is 0 Å².